The Bertz CT molecular complexity index is 790. The summed E-state index contributed by atoms with van der Waals surface area (Å²) < 4.78 is 0. The van der Waals surface area contributed by atoms with Crippen molar-refractivity contribution in [2.75, 3.05) is 11.5 Å². The van der Waals surface area contributed by atoms with Crippen LogP contribution < -0.4 is 0 Å². The molecule has 4 aliphatic rings. The fraction of sp³-hybridized carbons (Fsp3) is 0.792. The number of aliphatic carboxylic acids is 1. The van der Waals surface area contributed by atoms with Crippen LogP contribution >= 0.6 is 11.8 Å². The highest BCUT2D eigenvalue weighted by molar-refractivity contribution is 7.99. The van der Waals surface area contributed by atoms with E-state index in [9.17, 15) is 19.5 Å². The van der Waals surface area contributed by atoms with Crippen molar-refractivity contribution >= 4 is 29.3 Å². The molecule has 30 heavy (non-hydrogen) atoms. The number of carboxylic acid groups (broad SMARTS) is 1. The second kappa shape index (κ2) is 7.77. The number of hydrogen-bond acceptors (Lipinski definition) is 5. The fourth-order valence-corrected chi connectivity index (χ4v) is 8.26. The molecule has 3 unspecified atom stereocenters. The molecule has 4 rings (SSSR count). The number of rotatable bonds is 6. The summed E-state index contributed by atoms with van der Waals surface area (Å²) >= 11 is 1.31. The third kappa shape index (κ3) is 3.68. The molecule has 0 heterocycles. The summed E-state index contributed by atoms with van der Waals surface area (Å²) in [5.41, 5.74) is 0.140. The monoisotopic (exact) mass is 434 g/mol. The van der Waals surface area contributed by atoms with Crippen molar-refractivity contribution in [1.29, 1.82) is 0 Å². The van der Waals surface area contributed by atoms with Crippen LogP contribution in [0.3, 0.4) is 0 Å². The predicted octanol–water partition coefficient (Wildman–Crippen LogP) is 4.03. The normalized spacial score (nSPS) is 42.7. The molecular formula is C24H34O5S. The van der Waals surface area contributed by atoms with Gasteiger partial charge in [0.25, 0.3) is 0 Å². The Morgan fingerprint density at radius 1 is 1.17 bits per heavy atom. The lowest BCUT2D eigenvalue weighted by molar-refractivity contribution is -0.136. The highest BCUT2D eigenvalue weighted by Crippen LogP contribution is 2.66. The lowest BCUT2D eigenvalue weighted by Crippen LogP contribution is -2.49. The zero-order chi connectivity index (χ0) is 21.7. The van der Waals surface area contributed by atoms with E-state index in [0.717, 1.165) is 32.1 Å². The summed E-state index contributed by atoms with van der Waals surface area (Å²) in [7, 11) is 0. The van der Waals surface area contributed by atoms with E-state index < -0.39 is 11.6 Å². The Balaban J connectivity index is 1.49. The SMILES string of the molecule is C[C@]12CCC3C(CCC4=CC(=O)CC[C@@]43C)C1C[C@](O)(C(=O)CSCCC(=O)O)C2. The van der Waals surface area contributed by atoms with Gasteiger partial charge in [-0.2, -0.15) is 11.8 Å². The zero-order valence-corrected chi connectivity index (χ0v) is 18.9. The largest absolute Gasteiger partial charge is 0.481 e. The average Bonchev–Trinajstić information content (AvgIpc) is 2.97. The maximum Gasteiger partial charge on any atom is 0.304 e. The highest BCUT2D eigenvalue weighted by atomic mass is 32.2. The van der Waals surface area contributed by atoms with E-state index in [-0.39, 0.29) is 34.6 Å². The minimum absolute atomic E-state index is 0.0145. The molecule has 4 aliphatic carbocycles. The topological polar surface area (TPSA) is 91.7 Å². The number of hydrogen-bond donors (Lipinski definition) is 2. The first-order valence-corrected chi connectivity index (χ1v) is 12.5. The maximum absolute atomic E-state index is 12.9. The fourth-order valence-electron chi connectivity index (χ4n) is 7.35. The van der Waals surface area contributed by atoms with E-state index in [4.69, 9.17) is 5.11 Å². The third-order valence-electron chi connectivity index (χ3n) is 8.95. The lowest BCUT2D eigenvalue weighted by atomic mass is 9.47. The van der Waals surface area contributed by atoms with Crippen molar-refractivity contribution in [1.82, 2.24) is 0 Å². The van der Waals surface area contributed by atoms with Crippen molar-refractivity contribution < 1.29 is 24.6 Å². The second-order valence-corrected chi connectivity index (χ2v) is 11.8. The summed E-state index contributed by atoms with van der Waals surface area (Å²) in [5, 5.41) is 20.1. The quantitative estimate of drug-likeness (QED) is 0.614. The van der Waals surface area contributed by atoms with E-state index in [1.165, 1.54) is 17.3 Å². The summed E-state index contributed by atoms with van der Waals surface area (Å²) in [4.78, 5) is 35.6. The number of allylic oxidation sites excluding steroid dienone is 1. The number of carboxylic acids is 1. The van der Waals surface area contributed by atoms with E-state index in [0.29, 0.717) is 42.8 Å². The van der Waals surface area contributed by atoms with Crippen LogP contribution in [-0.4, -0.2) is 44.9 Å². The molecule has 0 aromatic rings. The van der Waals surface area contributed by atoms with Crippen molar-refractivity contribution in [2.24, 2.45) is 28.6 Å². The molecule has 2 N–H and O–H groups in total. The Hall–Kier alpha value is -1.14. The molecule has 5 nitrogen and oxygen atoms in total. The third-order valence-corrected chi connectivity index (χ3v) is 9.91. The first kappa shape index (κ1) is 22.1. The van der Waals surface area contributed by atoms with Crippen LogP contribution in [0.5, 0.6) is 0 Å². The second-order valence-electron chi connectivity index (χ2n) is 10.7. The van der Waals surface area contributed by atoms with Crippen molar-refractivity contribution in [3.8, 4) is 0 Å². The molecule has 0 amide bonds. The number of thioether (sulfide) groups is 1. The van der Waals surface area contributed by atoms with Gasteiger partial charge in [-0.1, -0.05) is 19.4 Å². The zero-order valence-electron chi connectivity index (χ0n) is 18.1. The van der Waals surface area contributed by atoms with Crippen LogP contribution in [0.1, 0.15) is 71.6 Å². The summed E-state index contributed by atoms with van der Waals surface area (Å²) in [6.07, 6.45) is 8.75. The number of aliphatic hydroxyl groups is 1. The van der Waals surface area contributed by atoms with E-state index in [2.05, 4.69) is 13.8 Å². The minimum atomic E-state index is -1.27. The average molecular weight is 435 g/mol. The molecule has 3 fully saturated rings. The predicted molar refractivity (Wildman–Crippen MR) is 116 cm³/mol. The summed E-state index contributed by atoms with van der Waals surface area (Å²) in [6.45, 7) is 4.60. The van der Waals surface area contributed by atoms with Gasteiger partial charge in [0.2, 0.25) is 0 Å². The smallest absolute Gasteiger partial charge is 0.304 e. The van der Waals surface area contributed by atoms with Crippen LogP contribution in [0.4, 0.5) is 0 Å². The lowest BCUT2D eigenvalue weighted by Gasteiger charge is -2.57. The van der Waals surface area contributed by atoms with Crippen LogP contribution in [0.25, 0.3) is 0 Å². The Morgan fingerprint density at radius 3 is 2.67 bits per heavy atom. The molecule has 0 radical (unpaired) electrons. The Kier molecular flexibility index (Phi) is 5.72. The van der Waals surface area contributed by atoms with Crippen LogP contribution in [-0.2, 0) is 14.4 Å². The summed E-state index contributed by atoms with van der Waals surface area (Å²) in [6, 6.07) is 0. The van der Waals surface area contributed by atoms with Gasteiger partial charge in [0.15, 0.2) is 11.6 Å². The Morgan fingerprint density at radius 2 is 1.93 bits per heavy atom. The van der Waals surface area contributed by atoms with Gasteiger partial charge in [-0.15, -0.1) is 0 Å². The molecule has 6 heteroatoms. The molecule has 0 saturated heterocycles. The number of Topliss-reactive ketones (excluding diaryl/α,β-unsaturated/α-hetero) is 1. The minimum Gasteiger partial charge on any atom is -0.481 e. The van der Waals surface area contributed by atoms with Gasteiger partial charge in [-0.25, -0.2) is 0 Å². The molecular weight excluding hydrogens is 400 g/mol. The maximum atomic E-state index is 12.9. The molecule has 0 aromatic heterocycles. The first-order valence-electron chi connectivity index (χ1n) is 11.4. The molecule has 6 atom stereocenters. The highest BCUT2D eigenvalue weighted by Gasteiger charge is 2.62. The molecule has 0 bridgehead atoms. The van der Waals surface area contributed by atoms with Gasteiger partial charge >= 0.3 is 5.97 Å². The van der Waals surface area contributed by atoms with Gasteiger partial charge < -0.3 is 10.2 Å². The van der Waals surface area contributed by atoms with Crippen molar-refractivity contribution in [3.05, 3.63) is 11.6 Å². The number of fused-ring (bicyclic) bond motifs is 5. The van der Waals surface area contributed by atoms with Gasteiger partial charge in [0, 0.05) is 12.2 Å². The summed E-state index contributed by atoms with van der Waals surface area (Å²) in [5.74, 6) is 1.24. The standard InChI is InChI=1S/C24H34O5S/c1-22-8-6-18-17(4-3-15-11-16(25)5-9-23(15,18)2)19(22)12-24(29,14-22)20(26)13-30-10-7-21(27)28/h11,17-19,29H,3-10,12-14H2,1-2H3,(H,27,28)/t17?,18?,19?,22-,23+,24-/m1/s1. The van der Waals surface area contributed by atoms with E-state index in [1.807, 2.05) is 6.08 Å². The molecule has 0 aromatic carbocycles. The van der Waals surface area contributed by atoms with E-state index in [1.54, 1.807) is 0 Å². The molecule has 166 valence electrons. The van der Waals surface area contributed by atoms with Gasteiger partial charge in [-0.3, -0.25) is 14.4 Å². The Labute approximate surface area is 183 Å². The molecule has 0 spiro atoms. The number of carbonyl (C=O) groups is 3. The number of ketones is 2. The first-order chi connectivity index (χ1) is 14.1. The van der Waals surface area contributed by atoms with Crippen molar-refractivity contribution in [2.45, 2.75) is 77.2 Å². The number of carbonyl (C=O) groups excluding carboxylic acids is 2. The van der Waals surface area contributed by atoms with Crippen LogP contribution in [0.2, 0.25) is 0 Å². The molecule has 0 aliphatic heterocycles. The van der Waals surface area contributed by atoms with E-state index >= 15 is 0 Å². The van der Waals surface area contributed by atoms with Gasteiger partial charge in [0.05, 0.1) is 12.2 Å². The van der Waals surface area contributed by atoms with Gasteiger partial charge in [0.1, 0.15) is 5.60 Å². The molecule has 3 saturated carbocycles. The van der Waals surface area contributed by atoms with Crippen LogP contribution in [0.15, 0.2) is 11.6 Å². The van der Waals surface area contributed by atoms with Gasteiger partial charge in [-0.05, 0) is 79.6 Å². The van der Waals surface area contributed by atoms with Crippen molar-refractivity contribution in [3.63, 3.8) is 0 Å². The van der Waals surface area contributed by atoms with Crippen LogP contribution in [0, 0.1) is 28.6 Å².